The second-order valence-electron chi connectivity index (χ2n) is 8.43. The van der Waals surface area contributed by atoms with E-state index >= 15 is 0 Å². The van der Waals surface area contributed by atoms with Gasteiger partial charge in [0.15, 0.2) is 17.0 Å². The molecule has 2 aliphatic rings. The number of aromatic nitrogens is 6. The summed E-state index contributed by atoms with van der Waals surface area (Å²) in [6.45, 7) is 1.39. The first-order chi connectivity index (χ1) is 16.1. The summed E-state index contributed by atoms with van der Waals surface area (Å²) >= 11 is 0. The highest BCUT2D eigenvalue weighted by atomic mass is 19.1. The summed E-state index contributed by atoms with van der Waals surface area (Å²) in [6, 6.07) is 7.41. The van der Waals surface area contributed by atoms with Crippen LogP contribution in [-0.2, 0) is 4.74 Å². The minimum Gasteiger partial charge on any atom is -0.382 e. The Hall–Kier alpha value is -3.82. The number of nitrogens with zero attached hydrogens (tertiary/aromatic N) is 8. The topological polar surface area (TPSA) is 135 Å². The molecule has 0 saturated carbocycles. The molecule has 0 spiro atoms. The molecule has 6 heterocycles. The predicted octanol–water partition coefficient (Wildman–Crippen LogP) is 1.14. The summed E-state index contributed by atoms with van der Waals surface area (Å²) in [7, 11) is 0. The Morgan fingerprint density at radius 2 is 2.09 bits per heavy atom. The molecular weight excluding hydrogens is 427 g/mol. The molecule has 0 bridgehead atoms. The number of nitrogens with two attached hydrogens (primary N) is 1. The monoisotopic (exact) mass is 448 g/mol. The second kappa shape index (κ2) is 7.36. The van der Waals surface area contributed by atoms with Crippen molar-refractivity contribution in [2.24, 2.45) is 0 Å². The summed E-state index contributed by atoms with van der Waals surface area (Å²) in [5.74, 6) is 0.520. The number of imidazole rings is 1. The first-order valence-electron chi connectivity index (χ1n) is 10.7. The van der Waals surface area contributed by atoms with Gasteiger partial charge < -0.3 is 15.8 Å². The third-order valence-corrected chi connectivity index (χ3v) is 6.42. The summed E-state index contributed by atoms with van der Waals surface area (Å²) in [5, 5.41) is 21.6. The molecule has 12 heteroatoms. The maximum Gasteiger partial charge on any atom is 0.243 e. The number of piperidine rings is 1. The van der Waals surface area contributed by atoms with Crippen molar-refractivity contribution in [1.82, 2.24) is 34.1 Å². The van der Waals surface area contributed by atoms with Crippen LogP contribution >= 0.6 is 0 Å². The summed E-state index contributed by atoms with van der Waals surface area (Å²) in [4.78, 5) is 10.5. The number of halogens is 1. The van der Waals surface area contributed by atoms with Crippen LogP contribution < -0.4 is 11.1 Å². The number of rotatable bonds is 4. The molecule has 2 fully saturated rings. The van der Waals surface area contributed by atoms with Gasteiger partial charge in [-0.2, -0.15) is 15.3 Å². The quantitative estimate of drug-likeness (QED) is 0.471. The molecule has 168 valence electrons. The van der Waals surface area contributed by atoms with Crippen LogP contribution in [0.25, 0.3) is 22.4 Å². The first kappa shape index (κ1) is 19.8. The van der Waals surface area contributed by atoms with Gasteiger partial charge in [-0.25, -0.2) is 18.4 Å². The number of hydrogen-bond donors (Lipinski definition) is 2. The summed E-state index contributed by atoms with van der Waals surface area (Å²) in [6.07, 6.45) is 4.56. The molecule has 4 aromatic heterocycles. The Morgan fingerprint density at radius 3 is 2.85 bits per heavy atom. The Kier molecular flexibility index (Phi) is 4.42. The SMILES string of the molecule is N#CC1(N2CCC(Nc3nc(N)c4c(-c5ccc6nccn6n5)ccn4n3)C(F)C2)COC1. The van der Waals surface area contributed by atoms with E-state index in [0.29, 0.717) is 37.4 Å². The van der Waals surface area contributed by atoms with Crippen molar-refractivity contribution in [1.29, 1.82) is 5.26 Å². The molecule has 0 aromatic carbocycles. The van der Waals surface area contributed by atoms with Crippen LogP contribution in [0.5, 0.6) is 0 Å². The van der Waals surface area contributed by atoms with E-state index < -0.39 is 17.8 Å². The van der Waals surface area contributed by atoms with Gasteiger partial charge in [-0.1, -0.05) is 0 Å². The molecule has 2 atom stereocenters. The van der Waals surface area contributed by atoms with Crippen LogP contribution in [-0.4, -0.2) is 78.2 Å². The van der Waals surface area contributed by atoms with Crippen molar-refractivity contribution in [2.75, 3.05) is 37.4 Å². The van der Waals surface area contributed by atoms with E-state index in [1.807, 2.05) is 23.1 Å². The molecular formula is C21H21FN10O. The van der Waals surface area contributed by atoms with E-state index in [2.05, 4.69) is 31.6 Å². The van der Waals surface area contributed by atoms with Gasteiger partial charge in [0.2, 0.25) is 5.95 Å². The highest BCUT2D eigenvalue weighted by Gasteiger charge is 2.47. The van der Waals surface area contributed by atoms with Gasteiger partial charge in [0, 0.05) is 37.2 Å². The van der Waals surface area contributed by atoms with Gasteiger partial charge in [0.05, 0.1) is 31.0 Å². The third-order valence-electron chi connectivity index (χ3n) is 6.42. The number of anilines is 2. The maximum absolute atomic E-state index is 15.0. The minimum atomic E-state index is -1.18. The van der Waals surface area contributed by atoms with Gasteiger partial charge in [-0.05, 0) is 24.6 Å². The third kappa shape index (κ3) is 3.16. The lowest BCUT2D eigenvalue weighted by Gasteiger charge is -2.48. The fourth-order valence-electron chi connectivity index (χ4n) is 4.51. The number of fused-ring (bicyclic) bond motifs is 2. The van der Waals surface area contributed by atoms with Crippen molar-refractivity contribution in [3.8, 4) is 17.3 Å². The molecule has 0 radical (unpaired) electrons. The molecule has 4 aromatic rings. The minimum absolute atomic E-state index is 0.155. The fraction of sp³-hybridized carbons (Fsp3) is 0.381. The van der Waals surface area contributed by atoms with Gasteiger partial charge >= 0.3 is 0 Å². The van der Waals surface area contributed by atoms with Crippen LogP contribution in [0.15, 0.2) is 36.8 Å². The van der Waals surface area contributed by atoms with Crippen molar-refractivity contribution >= 4 is 22.9 Å². The standard InChI is InChI=1S/C21H21FN10O/c22-14-9-30(21(10-23)11-33-12-21)6-4-16(14)26-20-27-19(24)18-13(3-7-32(18)29-20)15-1-2-17-25-5-8-31(17)28-15/h1-3,5,7-8,14,16H,4,6,9,11-12H2,(H3,24,26,27,29). The normalized spacial score (nSPS) is 22.8. The number of alkyl halides is 1. The zero-order valence-corrected chi connectivity index (χ0v) is 17.6. The van der Waals surface area contributed by atoms with Crippen LogP contribution in [0.4, 0.5) is 16.2 Å². The number of nitriles is 1. The van der Waals surface area contributed by atoms with E-state index in [9.17, 15) is 9.65 Å². The van der Waals surface area contributed by atoms with Crippen molar-refractivity contribution in [3.63, 3.8) is 0 Å². The average molecular weight is 448 g/mol. The van der Waals surface area contributed by atoms with Crippen LogP contribution in [0.1, 0.15) is 6.42 Å². The number of hydrogen-bond acceptors (Lipinski definition) is 9. The number of ether oxygens (including phenoxy) is 1. The van der Waals surface area contributed by atoms with Gasteiger partial charge in [-0.3, -0.25) is 4.90 Å². The van der Waals surface area contributed by atoms with Crippen LogP contribution in [0, 0.1) is 11.3 Å². The van der Waals surface area contributed by atoms with Crippen LogP contribution in [0.3, 0.4) is 0 Å². The molecule has 0 aliphatic carbocycles. The van der Waals surface area contributed by atoms with Gasteiger partial charge in [-0.15, -0.1) is 5.10 Å². The number of likely N-dealkylation sites (tertiary alicyclic amines) is 1. The van der Waals surface area contributed by atoms with E-state index in [-0.39, 0.29) is 18.3 Å². The van der Waals surface area contributed by atoms with E-state index in [1.165, 1.54) is 0 Å². The Bertz CT molecular complexity index is 1390. The van der Waals surface area contributed by atoms with E-state index in [1.54, 1.807) is 27.6 Å². The lowest BCUT2D eigenvalue weighted by Crippen LogP contribution is -2.65. The van der Waals surface area contributed by atoms with Crippen molar-refractivity contribution in [2.45, 2.75) is 24.2 Å². The van der Waals surface area contributed by atoms with Crippen molar-refractivity contribution < 1.29 is 9.13 Å². The highest BCUT2D eigenvalue weighted by molar-refractivity contribution is 5.86. The van der Waals surface area contributed by atoms with Gasteiger partial charge in [0.25, 0.3) is 0 Å². The van der Waals surface area contributed by atoms with Crippen LogP contribution in [0.2, 0.25) is 0 Å². The highest BCUT2D eigenvalue weighted by Crippen LogP contribution is 2.31. The largest absolute Gasteiger partial charge is 0.382 e. The van der Waals surface area contributed by atoms with Crippen molar-refractivity contribution in [3.05, 3.63) is 36.8 Å². The molecule has 11 nitrogen and oxygen atoms in total. The summed E-state index contributed by atoms with van der Waals surface area (Å²) in [5.41, 5.74) is 8.45. The molecule has 3 N–H and O–H groups in total. The average Bonchev–Trinajstić information content (AvgIpc) is 3.42. The second-order valence-corrected chi connectivity index (χ2v) is 8.43. The number of nitrogen functional groups attached to an aromatic ring is 1. The lowest BCUT2D eigenvalue weighted by atomic mass is 9.92. The fourth-order valence-corrected chi connectivity index (χ4v) is 4.51. The Morgan fingerprint density at radius 1 is 1.21 bits per heavy atom. The zero-order chi connectivity index (χ0) is 22.6. The molecule has 2 unspecified atom stereocenters. The molecule has 2 aliphatic heterocycles. The smallest absolute Gasteiger partial charge is 0.243 e. The molecule has 2 saturated heterocycles. The van der Waals surface area contributed by atoms with Gasteiger partial charge in [0.1, 0.15) is 11.7 Å². The summed E-state index contributed by atoms with van der Waals surface area (Å²) < 4.78 is 23.5. The Labute approximate surface area is 187 Å². The lowest BCUT2D eigenvalue weighted by molar-refractivity contribution is -0.121. The predicted molar refractivity (Wildman–Crippen MR) is 117 cm³/mol. The molecule has 33 heavy (non-hydrogen) atoms. The zero-order valence-electron chi connectivity index (χ0n) is 17.6. The maximum atomic E-state index is 15.0. The Balaban J connectivity index is 1.24. The molecule has 6 rings (SSSR count). The van der Waals surface area contributed by atoms with E-state index in [0.717, 1.165) is 11.2 Å². The first-order valence-corrected chi connectivity index (χ1v) is 10.7. The molecule has 0 amide bonds. The van der Waals surface area contributed by atoms with E-state index in [4.69, 9.17) is 10.5 Å². The number of nitrogens with one attached hydrogen (secondary N) is 1.